The minimum atomic E-state index is -0.564. The van der Waals surface area contributed by atoms with Gasteiger partial charge in [0.2, 0.25) is 5.91 Å². The number of piperidine rings is 1. The van der Waals surface area contributed by atoms with Crippen molar-refractivity contribution in [1.29, 1.82) is 0 Å². The fourth-order valence-electron chi connectivity index (χ4n) is 2.33. The SMILES string of the molecule is C[C@@H](NC(=O)c1ccc(F)cc1)C(=O)N1CCCCC1. The molecule has 0 aromatic heterocycles. The molecule has 1 aliphatic rings. The topological polar surface area (TPSA) is 49.4 Å². The van der Waals surface area contributed by atoms with Gasteiger partial charge < -0.3 is 10.2 Å². The largest absolute Gasteiger partial charge is 0.341 e. The summed E-state index contributed by atoms with van der Waals surface area (Å²) < 4.78 is 12.8. The molecule has 5 heteroatoms. The molecular formula is C15H19FN2O2. The molecule has 0 aliphatic carbocycles. The van der Waals surface area contributed by atoms with E-state index in [-0.39, 0.29) is 17.6 Å². The lowest BCUT2D eigenvalue weighted by molar-refractivity contribution is -0.133. The molecule has 1 heterocycles. The summed E-state index contributed by atoms with van der Waals surface area (Å²) in [4.78, 5) is 25.9. The molecule has 20 heavy (non-hydrogen) atoms. The Morgan fingerprint density at radius 1 is 1.15 bits per heavy atom. The number of carbonyl (C=O) groups excluding carboxylic acids is 2. The minimum Gasteiger partial charge on any atom is -0.341 e. The number of amides is 2. The Labute approximate surface area is 118 Å². The summed E-state index contributed by atoms with van der Waals surface area (Å²) in [5.74, 6) is -0.804. The lowest BCUT2D eigenvalue weighted by atomic mass is 10.1. The summed E-state index contributed by atoms with van der Waals surface area (Å²) in [6, 6.07) is 4.70. The Bertz CT molecular complexity index is 481. The van der Waals surface area contributed by atoms with Crippen molar-refractivity contribution in [3.63, 3.8) is 0 Å². The van der Waals surface area contributed by atoms with Crippen molar-refractivity contribution in [3.8, 4) is 0 Å². The van der Waals surface area contributed by atoms with E-state index in [1.165, 1.54) is 24.3 Å². The molecule has 0 radical (unpaired) electrons. The quantitative estimate of drug-likeness (QED) is 0.919. The Balaban J connectivity index is 1.92. The first-order valence-corrected chi connectivity index (χ1v) is 6.93. The second-order valence-corrected chi connectivity index (χ2v) is 5.09. The maximum absolute atomic E-state index is 12.8. The molecule has 1 atom stereocenters. The van der Waals surface area contributed by atoms with Crippen molar-refractivity contribution in [3.05, 3.63) is 35.6 Å². The van der Waals surface area contributed by atoms with Crippen LogP contribution in [0.5, 0.6) is 0 Å². The summed E-state index contributed by atoms with van der Waals surface area (Å²) in [6.45, 7) is 3.20. The summed E-state index contributed by atoms with van der Waals surface area (Å²) in [6.07, 6.45) is 3.19. The van der Waals surface area contributed by atoms with Crippen LogP contribution in [0.4, 0.5) is 4.39 Å². The third-order valence-corrected chi connectivity index (χ3v) is 3.49. The Hall–Kier alpha value is -1.91. The smallest absolute Gasteiger partial charge is 0.251 e. The van der Waals surface area contributed by atoms with Gasteiger partial charge in [0.05, 0.1) is 0 Å². The molecule has 0 unspecified atom stereocenters. The van der Waals surface area contributed by atoms with E-state index < -0.39 is 6.04 Å². The first-order chi connectivity index (χ1) is 9.58. The lowest BCUT2D eigenvalue weighted by Crippen LogP contribution is -2.48. The van der Waals surface area contributed by atoms with Crippen LogP contribution in [-0.2, 0) is 4.79 Å². The molecule has 1 saturated heterocycles. The zero-order chi connectivity index (χ0) is 14.5. The van der Waals surface area contributed by atoms with Crippen LogP contribution in [0.25, 0.3) is 0 Å². The summed E-state index contributed by atoms with van der Waals surface area (Å²) in [5, 5.41) is 2.66. The molecule has 0 bridgehead atoms. The van der Waals surface area contributed by atoms with Gasteiger partial charge in [-0.15, -0.1) is 0 Å². The molecule has 1 aromatic rings. The zero-order valence-corrected chi connectivity index (χ0v) is 11.6. The number of benzene rings is 1. The average Bonchev–Trinajstić information content (AvgIpc) is 2.48. The summed E-state index contributed by atoms with van der Waals surface area (Å²) >= 11 is 0. The molecule has 1 aliphatic heterocycles. The van der Waals surface area contributed by atoms with E-state index in [4.69, 9.17) is 0 Å². The maximum atomic E-state index is 12.8. The normalized spacial score (nSPS) is 16.6. The van der Waals surface area contributed by atoms with Gasteiger partial charge in [0.25, 0.3) is 5.91 Å². The fourth-order valence-corrected chi connectivity index (χ4v) is 2.33. The van der Waals surface area contributed by atoms with Gasteiger partial charge in [-0.1, -0.05) is 0 Å². The van der Waals surface area contributed by atoms with Gasteiger partial charge in [-0.3, -0.25) is 9.59 Å². The van der Waals surface area contributed by atoms with E-state index in [9.17, 15) is 14.0 Å². The van der Waals surface area contributed by atoms with E-state index >= 15 is 0 Å². The lowest BCUT2D eigenvalue weighted by Gasteiger charge is -2.29. The van der Waals surface area contributed by atoms with Crippen molar-refractivity contribution in [2.45, 2.75) is 32.2 Å². The summed E-state index contributed by atoms with van der Waals surface area (Å²) in [7, 11) is 0. The highest BCUT2D eigenvalue weighted by atomic mass is 19.1. The number of likely N-dealkylation sites (tertiary alicyclic amines) is 1. The van der Waals surface area contributed by atoms with Crippen LogP contribution in [-0.4, -0.2) is 35.8 Å². The molecule has 1 fully saturated rings. The van der Waals surface area contributed by atoms with E-state index in [1.807, 2.05) is 0 Å². The van der Waals surface area contributed by atoms with Gasteiger partial charge in [0.1, 0.15) is 11.9 Å². The van der Waals surface area contributed by atoms with E-state index in [0.29, 0.717) is 5.56 Å². The maximum Gasteiger partial charge on any atom is 0.251 e. The van der Waals surface area contributed by atoms with Crippen LogP contribution in [0.15, 0.2) is 24.3 Å². The van der Waals surface area contributed by atoms with Crippen LogP contribution in [0.1, 0.15) is 36.5 Å². The third-order valence-electron chi connectivity index (χ3n) is 3.49. The van der Waals surface area contributed by atoms with Crippen molar-refractivity contribution in [2.24, 2.45) is 0 Å². The number of halogens is 1. The first-order valence-electron chi connectivity index (χ1n) is 6.93. The van der Waals surface area contributed by atoms with E-state index in [0.717, 1.165) is 32.4 Å². The Morgan fingerprint density at radius 2 is 1.75 bits per heavy atom. The second-order valence-electron chi connectivity index (χ2n) is 5.09. The fraction of sp³-hybridized carbons (Fsp3) is 0.467. The molecular weight excluding hydrogens is 259 g/mol. The van der Waals surface area contributed by atoms with Crippen LogP contribution in [0.2, 0.25) is 0 Å². The van der Waals surface area contributed by atoms with Gasteiger partial charge in [-0.05, 0) is 50.5 Å². The van der Waals surface area contributed by atoms with E-state index in [2.05, 4.69) is 5.32 Å². The Kier molecular flexibility index (Phi) is 4.71. The number of carbonyl (C=O) groups is 2. The predicted octanol–water partition coefficient (Wildman–Crippen LogP) is 1.96. The van der Waals surface area contributed by atoms with Gasteiger partial charge >= 0.3 is 0 Å². The molecule has 108 valence electrons. The third kappa shape index (κ3) is 3.56. The van der Waals surface area contributed by atoms with Crippen LogP contribution < -0.4 is 5.32 Å². The average molecular weight is 278 g/mol. The number of nitrogens with one attached hydrogen (secondary N) is 1. The Morgan fingerprint density at radius 3 is 2.35 bits per heavy atom. The van der Waals surface area contributed by atoms with Gasteiger partial charge in [0.15, 0.2) is 0 Å². The predicted molar refractivity (Wildman–Crippen MR) is 73.8 cm³/mol. The number of nitrogens with zero attached hydrogens (tertiary/aromatic N) is 1. The summed E-state index contributed by atoms with van der Waals surface area (Å²) in [5.41, 5.74) is 0.352. The molecule has 1 N–H and O–H groups in total. The highest BCUT2D eigenvalue weighted by Crippen LogP contribution is 2.10. The second kappa shape index (κ2) is 6.50. The van der Waals surface area contributed by atoms with E-state index in [1.54, 1.807) is 11.8 Å². The minimum absolute atomic E-state index is 0.0554. The molecule has 0 spiro atoms. The monoisotopic (exact) mass is 278 g/mol. The van der Waals surface area contributed by atoms with Crippen molar-refractivity contribution < 1.29 is 14.0 Å². The molecule has 4 nitrogen and oxygen atoms in total. The van der Waals surface area contributed by atoms with Crippen molar-refractivity contribution in [1.82, 2.24) is 10.2 Å². The highest BCUT2D eigenvalue weighted by Gasteiger charge is 2.23. The number of rotatable bonds is 3. The van der Waals surface area contributed by atoms with Crippen LogP contribution >= 0.6 is 0 Å². The van der Waals surface area contributed by atoms with Crippen molar-refractivity contribution in [2.75, 3.05) is 13.1 Å². The molecule has 2 amide bonds. The number of hydrogen-bond donors (Lipinski definition) is 1. The molecule has 1 aromatic carbocycles. The van der Waals surface area contributed by atoms with Crippen molar-refractivity contribution >= 4 is 11.8 Å². The zero-order valence-electron chi connectivity index (χ0n) is 11.6. The number of hydrogen-bond acceptors (Lipinski definition) is 2. The highest BCUT2D eigenvalue weighted by molar-refractivity contribution is 5.97. The van der Waals surface area contributed by atoms with Crippen LogP contribution in [0.3, 0.4) is 0 Å². The van der Waals surface area contributed by atoms with Gasteiger partial charge in [-0.2, -0.15) is 0 Å². The van der Waals surface area contributed by atoms with Crippen LogP contribution in [0, 0.1) is 5.82 Å². The molecule has 0 saturated carbocycles. The van der Waals surface area contributed by atoms with Gasteiger partial charge in [-0.25, -0.2) is 4.39 Å². The first kappa shape index (κ1) is 14.5. The van der Waals surface area contributed by atoms with Gasteiger partial charge in [0, 0.05) is 18.7 Å². The molecule has 2 rings (SSSR count). The standard InChI is InChI=1S/C15H19FN2O2/c1-11(15(20)18-9-3-2-4-10-18)17-14(19)12-5-7-13(16)8-6-12/h5-8,11H,2-4,9-10H2,1H3,(H,17,19)/t11-/m1/s1.